The molecule has 2 heterocycles. The van der Waals surface area contributed by atoms with Crippen LogP contribution in [0, 0.1) is 13.8 Å². The van der Waals surface area contributed by atoms with Crippen LogP contribution < -0.4 is 10.6 Å². The van der Waals surface area contributed by atoms with Gasteiger partial charge in [0.1, 0.15) is 5.76 Å². The largest absolute Gasteiger partial charge is 0.469 e. The number of carbonyl (C=O) groups is 2. The van der Waals surface area contributed by atoms with Crippen LogP contribution >= 0.6 is 0 Å². The molecule has 0 radical (unpaired) electrons. The number of H-pyrrole nitrogens is 1. The van der Waals surface area contributed by atoms with Crippen LogP contribution in [0.4, 0.5) is 5.69 Å². The minimum Gasteiger partial charge on any atom is -0.469 e. The molecule has 0 fully saturated rings. The van der Waals surface area contributed by atoms with Crippen LogP contribution in [0.3, 0.4) is 0 Å². The van der Waals surface area contributed by atoms with Crippen molar-refractivity contribution in [3.63, 3.8) is 0 Å². The van der Waals surface area contributed by atoms with Crippen LogP contribution in [0.25, 0.3) is 0 Å². The highest BCUT2D eigenvalue weighted by atomic mass is 16.3. The standard InChI is InChI=1S/C20H22N4O3/c1-12(10-17-11-13(2)23-24-17)21-19(25)15-4-6-16(7-5-15)22-20(26)18-8-9-27-14(18)3/h4-9,11-12H,10H2,1-3H3,(H,21,25)(H,22,26)(H,23,24). The summed E-state index contributed by atoms with van der Waals surface area (Å²) in [5, 5.41) is 12.8. The first-order chi connectivity index (χ1) is 12.9. The Morgan fingerprint density at radius 1 is 1.15 bits per heavy atom. The average molecular weight is 366 g/mol. The van der Waals surface area contributed by atoms with Crippen LogP contribution in [-0.4, -0.2) is 28.1 Å². The Kier molecular flexibility index (Phi) is 5.40. The number of amides is 2. The average Bonchev–Trinajstić information content (AvgIpc) is 3.23. The number of rotatable bonds is 6. The van der Waals surface area contributed by atoms with E-state index in [0.29, 0.717) is 29.0 Å². The van der Waals surface area contributed by atoms with Crippen molar-refractivity contribution in [3.05, 3.63) is 70.9 Å². The summed E-state index contributed by atoms with van der Waals surface area (Å²) in [5.41, 5.74) is 3.52. The van der Waals surface area contributed by atoms with Crippen molar-refractivity contribution < 1.29 is 14.0 Å². The summed E-state index contributed by atoms with van der Waals surface area (Å²) in [6.45, 7) is 5.60. The molecule has 3 rings (SSSR count). The molecular weight excluding hydrogens is 344 g/mol. The zero-order valence-corrected chi connectivity index (χ0v) is 15.5. The molecule has 0 aliphatic rings. The summed E-state index contributed by atoms with van der Waals surface area (Å²) in [6, 6.07) is 10.3. The van der Waals surface area contributed by atoms with Crippen LogP contribution in [0.1, 0.15) is 44.8 Å². The van der Waals surface area contributed by atoms with Crippen molar-refractivity contribution in [1.82, 2.24) is 15.5 Å². The van der Waals surface area contributed by atoms with E-state index < -0.39 is 0 Å². The fourth-order valence-electron chi connectivity index (χ4n) is 2.77. The number of benzene rings is 1. The second-order valence-corrected chi connectivity index (χ2v) is 6.54. The molecule has 1 aromatic carbocycles. The zero-order valence-electron chi connectivity index (χ0n) is 15.5. The molecule has 3 aromatic rings. The smallest absolute Gasteiger partial charge is 0.259 e. The highest BCUT2D eigenvalue weighted by Crippen LogP contribution is 2.14. The summed E-state index contributed by atoms with van der Waals surface area (Å²) in [7, 11) is 0. The Morgan fingerprint density at radius 3 is 2.48 bits per heavy atom. The van der Waals surface area contributed by atoms with Gasteiger partial charge in [-0.1, -0.05) is 0 Å². The fraction of sp³-hybridized carbons (Fsp3) is 0.250. The number of anilines is 1. The minimum absolute atomic E-state index is 0.0522. The van der Waals surface area contributed by atoms with E-state index in [1.165, 1.54) is 6.26 Å². The van der Waals surface area contributed by atoms with Gasteiger partial charge in [0.2, 0.25) is 0 Å². The van der Waals surface area contributed by atoms with E-state index in [9.17, 15) is 9.59 Å². The van der Waals surface area contributed by atoms with E-state index in [4.69, 9.17) is 4.42 Å². The predicted octanol–water partition coefficient (Wildman–Crippen LogP) is 3.23. The second-order valence-electron chi connectivity index (χ2n) is 6.54. The Bertz CT molecular complexity index is 940. The highest BCUT2D eigenvalue weighted by molar-refractivity contribution is 6.05. The third-order valence-electron chi connectivity index (χ3n) is 4.16. The molecule has 0 saturated heterocycles. The number of furan rings is 1. The van der Waals surface area contributed by atoms with Crippen LogP contribution in [0.2, 0.25) is 0 Å². The molecule has 27 heavy (non-hydrogen) atoms. The first-order valence-electron chi connectivity index (χ1n) is 8.69. The first kappa shape index (κ1) is 18.4. The van der Waals surface area contributed by atoms with Crippen molar-refractivity contribution in [2.24, 2.45) is 0 Å². The third kappa shape index (κ3) is 4.63. The Morgan fingerprint density at radius 2 is 1.89 bits per heavy atom. The van der Waals surface area contributed by atoms with Gasteiger partial charge in [-0.15, -0.1) is 0 Å². The number of aryl methyl sites for hydroxylation is 2. The molecule has 7 heteroatoms. The number of hydrogen-bond donors (Lipinski definition) is 3. The van der Waals surface area contributed by atoms with E-state index in [1.54, 1.807) is 37.3 Å². The number of aromatic amines is 1. The van der Waals surface area contributed by atoms with E-state index in [1.807, 2.05) is 19.9 Å². The third-order valence-corrected chi connectivity index (χ3v) is 4.16. The van der Waals surface area contributed by atoms with Crippen molar-refractivity contribution in [1.29, 1.82) is 0 Å². The maximum Gasteiger partial charge on any atom is 0.259 e. The molecule has 0 saturated carbocycles. The van der Waals surface area contributed by atoms with Gasteiger partial charge in [-0.2, -0.15) is 5.10 Å². The molecule has 3 N–H and O–H groups in total. The SMILES string of the molecule is Cc1cc(CC(C)NC(=O)c2ccc(NC(=O)c3ccoc3C)cc2)n[nH]1. The molecule has 0 bridgehead atoms. The van der Waals surface area contributed by atoms with Crippen molar-refractivity contribution >= 4 is 17.5 Å². The van der Waals surface area contributed by atoms with Gasteiger partial charge in [-0.05, 0) is 57.2 Å². The highest BCUT2D eigenvalue weighted by Gasteiger charge is 2.14. The van der Waals surface area contributed by atoms with E-state index in [2.05, 4.69) is 20.8 Å². The van der Waals surface area contributed by atoms with Gasteiger partial charge in [0, 0.05) is 29.4 Å². The molecule has 1 atom stereocenters. The number of aromatic nitrogens is 2. The fourth-order valence-corrected chi connectivity index (χ4v) is 2.77. The van der Waals surface area contributed by atoms with Gasteiger partial charge in [-0.25, -0.2) is 0 Å². The summed E-state index contributed by atoms with van der Waals surface area (Å²) in [6.07, 6.45) is 2.12. The lowest BCUT2D eigenvalue weighted by molar-refractivity contribution is 0.0939. The number of carbonyl (C=O) groups excluding carboxylic acids is 2. The summed E-state index contributed by atoms with van der Waals surface area (Å²) >= 11 is 0. The molecule has 2 aromatic heterocycles. The number of nitrogens with zero attached hydrogens (tertiary/aromatic N) is 1. The normalized spacial score (nSPS) is 11.8. The monoisotopic (exact) mass is 366 g/mol. The van der Waals surface area contributed by atoms with E-state index >= 15 is 0 Å². The van der Waals surface area contributed by atoms with Crippen molar-refractivity contribution in [3.8, 4) is 0 Å². The molecule has 0 spiro atoms. The summed E-state index contributed by atoms with van der Waals surface area (Å²) < 4.78 is 5.13. The molecule has 0 aliphatic heterocycles. The topological polar surface area (TPSA) is 100 Å². The van der Waals surface area contributed by atoms with Gasteiger partial charge in [0.15, 0.2) is 0 Å². The molecule has 0 aliphatic carbocycles. The Balaban J connectivity index is 1.57. The molecule has 1 unspecified atom stereocenters. The lowest BCUT2D eigenvalue weighted by atomic mass is 10.1. The Labute approximate surface area is 157 Å². The second kappa shape index (κ2) is 7.90. The van der Waals surface area contributed by atoms with Crippen LogP contribution in [-0.2, 0) is 6.42 Å². The summed E-state index contributed by atoms with van der Waals surface area (Å²) in [5.74, 6) is 0.143. The molecule has 2 amide bonds. The van der Waals surface area contributed by atoms with E-state index in [-0.39, 0.29) is 17.9 Å². The van der Waals surface area contributed by atoms with Crippen molar-refractivity contribution in [2.45, 2.75) is 33.2 Å². The Hall–Kier alpha value is -3.35. The maximum atomic E-state index is 12.4. The number of nitrogens with one attached hydrogen (secondary N) is 3. The quantitative estimate of drug-likeness (QED) is 0.623. The van der Waals surface area contributed by atoms with Crippen molar-refractivity contribution in [2.75, 3.05) is 5.32 Å². The van der Waals surface area contributed by atoms with Crippen LogP contribution in [0.15, 0.2) is 47.1 Å². The van der Waals surface area contributed by atoms with E-state index in [0.717, 1.165) is 11.4 Å². The maximum absolute atomic E-state index is 12.4. The van der Waals surface area contributed by atoms with Gasteiger partial charge >= 0.3 is 0 Å². The zero-order chi connectivity index (χ0) is 19.4. The minimum atomic E-state index is -0.249. The van der Waals surface area contributed by atoms with Gasteiger partial charge in [-0.3, -0.25) is 14.7 Å². The predicted molar refractivity (Wildman–Crippen MR) is 102 cm³/mol. The molecule has 7 nitrogen and oxygen atoms in total. The first-order valence-corrected chi connectivity index (χ1v) is 8.69. The summed E-state index contributed by atoms with van der Waals surface area (Å²) in [4.78, 5) is 24.6. The van der Waals surface area contributed by atoms with Crippen LogP contribution in [0.5, 0.6) is 0 Å². The molecular formula is C20H22N4O3. The van der Waals surface area contributed by atoms with Gasteiger partial charge in [0.25, 0.3) is 11.8 Å². The van der Waals surface area contributed by atoms with Gasteiger partial charge in [0.05, 0.1) is 17.5 Å². The lowest BCUT2D eigenvalue weighted by Crippen LogP contribution is -2.34. The lowest BCUT2D eigenvalue weighted by Gasteiger charge is -2.13. The number of hydrogen-bond acceptors (Lipinski definition) is 4. The van der Waals surface area contributed by atoms with Gasteiger partial charge < -0.3 is 15.1 Å². The molecule has 140 valence electrons.